The molecule has 1 heterocycles. The van der Waals surface area contributed by atoms with Crippen molar-refractivity contribution >= 4 is 29.9 Å². The van der Waals surface area contributed by atoms with Crippen LogP contribution in [0.4, 0.5) is 0 Å². The van der Waals surface area contributed by atoms with E-state index in [1.165, 1.54) is 11.1 Å². The first-order valence-electron chi connectivity index (χ1n) is 9.15. The molecule has 1 aliphatic heterocycles. The Morgan fingerprint density at radius 1 is 1.07 bits per heavy atom. The van der Waals surface area contributed by atoms with Gasteiger partial charge in [0.15, 0.2) is 5.96 Å². The van der Waals surface area contributed by atoms with Crippen LogP contribution >= 0.6 is 24.0 Å². The molecule has 1 unspecified atom stereocenters. The maximum atomic E-state index is 5.82. The zero-order valence-corrected chi connectivity index (χ0v) is 18.0. The van der Waals surface area contributed by atoms with E-state index >= 15 is 0 Å². The van der Waals surface area contributed by atoms with E-state index in [0.29, 0.717) is 19.3 Å². The van der Waals surface area contributed by atoms with Gasteiger partial charge in [-0.2, -0.15) is 0 Å². The Labute approximate surface area is 178 Å². The fraction of sp³-hybridized carbons (Fsp3) is 0.381. The van der Waals surface area contributed by atoms with Crippen molar-refractivity contribution in [1.82, 2.24) is 10.6 Å². The first-order chi connectivity index (χ1) is 12.8. The highest BCUT2D eigenvalue weighted by molar-refractivity contribution is 14.0. The number of nitrogens with zero attached hydrogens (tertiary/aromatic N) is 1. The van der Waals surface area contributed by atoms with E-state index in [1.807, 2.05) is 30.3 Å². The van der Waals surface area contributed by atoms with Crippen LogP contribution in [-0.2, 0) is 17.9 Å². The molecule has 0 aliphatic carbocycles. The number of halogens is 1. The number of ether oxygens (including phenoxy) is 2. The molecule has 27 heavy (non-hydrogen) atoms. The molecule has 0 bridgehead atoms. The topological polar surface area (TPSA) is 54.9 Å². The maximum absolute atomic E-state index is 5.82. The van der Waals surface area contributed by atoms with Crippen LogP contribution in [0, 0.1) is 0 Å². The van der Waals surface area contributed by atoms with Gasteiger partial charge in [-0.25, -0.2) is 0 Å². The SMILES string of the molecule is CN=C(NCc1ccc(OCc2ccccc2)cc1)NCC1CCCO1.I. The first-order valence-corrected chi connectivity index (χ1v) is 9.15. The minimum absolute atomic E-state index is 0. The standard InChI is InChI=1S/C21H27N3O2.HI/c1-22-21(24-15-20-8-5-13-25-20)23-14-17-9-11-19(12-10-17)26-16-18-6-3-2-4-7-18;/h2-4,6-7,9-12,20H,5,8,13-16H2,1H3,(H2,22,23,24);1H. The average Bonchev–Trinajstić information content (AvgIpc) is 3.22. The Kier molecular flexibility index (Phi) is 9.41. The van der Waals surface area contributed by atoms with Gasteiger partial charge in [0.1, 0.15) is 12.4 Å². The molecule has 0 saturated carbocycles. The van der Waals surface area contributed by atoms with Crippen molar-refractivity contribution in [2.75, 3.05) is 20.2 Å². The minimum atomic E-state index is 0. The summed E-state index contributed by atoms with van der Waals surface area (Å²) in [5.41, 5.74) is 2.34. The fourth-order valence-electron chi connectivity index (χ4n) is 2.87. The molecule has 0 aromatic heterocycles. The normalized spacial score (nSPS) is 16.5. The summed E-state index contributed by atoms with van der Waals surface area (Å²) < 4.78 is 11.4. The summed E-state index contributed by atoms with van der Waals surface area (Å²) in [7, 11) is 1.78. The number of guanidine groups is 1. The van der Waals surface area contributed by atoms with E-state index in [0.717, 1.165) is 37.7 Å². The second kappa shape index (κ2) is 11.8. The Balaban J connectivity index is 0.00000261. The summed E-state index contributed by atoms with van der Waals surface area (Å²) in [6, 6.07) is 18.3. The van der Waals surface area contributed by atoms with E-state index in [9.17, 15) is 0 Å². The van der Waals surface area contributed by atoms with Crippen molar-refractivity contribution in [3.63, 3.8) is 0 Å². The minimum Gasteiger partial charge on any atom is -0.489 e. The summed E-state index contributed by atoms with van der Waals surface area (Å²) in [5.74, 6) is 1.67. The highest BCUT2D eigenvalue weighted by atomic mass is 127. The second-order valence-corrected chi connectivity index (χ2v) is 6.36. The van der Waals surface area contributed by atoms with Gasteiger partial charge >= 0.3 is 0 Å². The van der Waals surface area contributed by atoms with Crippen molar-refractivity contribution in [2.45, 2.75) is 32.1 Å². The molecular weight excluding hydrogens is 453 g/mol. The number of rotatable bonds is 7. The average molecular weight is 481 g/mol. The second-order valence-electron chi connectivity index (χ2n) is 6.36. The Morgan fingerprint density at radius 2 is 1.85 bits per heavy atom. The lowest BCUT2D eigenvalue weighted by Gasteiger charge is -2.15. The third-order valence-electron chi connectivity index (χ3n) is 4.38. The van der Waals surface area contributed by atoms with Gasteiger partial charge in [-0.05, 0) is 36.1 Å². The van der Waals surface area contributed by atoms with Crippen molar-refractivity contribution in [2.24, 2.45) is 4.99 Å². The molecule has 5 nitrogen and oxygen atoms in total. The van der Waals surface area contributed by atoms with Gasteiger partial charge in [-0.15, -0.1) is 24.0 Å². The van der Waals surface area contributed by atoms with E-state index < -0.39 is 0 Å². The molecule has 2 aromatic rings. The highest BCUT2D eigenvalue weighted by Gasteiger charge is 2.15. The molecule has 1 saturated heterocycles. The van der Waals surface area contributed by atoms with Gasteiger partial charge in [0, 0.05) is 26.7 Å². The van der Waals surface area contributed by atoms with Gasteiger partial charge in [0.05, 0.1) is 6.10 Å². The summed E-state index contributed by atoms with van der Waals surface area (Å²) in [5, 5.41) is 6.65. The quantitative estimate of drug-likeness (QED) is 0.360. The smallest absolute Gasteiger partial charge is 0.191 e. The molecule has 1 fully saturated rings. The summed E-state index contributed by atoms with van der Waals surface area (Å²) in [6.07, 6.45) is 2.57. The van der Waals surface area contributed by atoms with Crippen LogP contribution in [0.25, 0.3) is 0 Å². The van der Waals surface area contributed by atoms with Crippen LogP contribution < -0.4 is 15.4 Å². The van der Waals surface area contributed by atoms with Crippen molar-refractivity contribution in [1.29, 1.82) is 0 Å². The first kappa shape index (κ1) is 21.5. The summed E-state index contributed by atoms with van der Waals surface area (Å²) in [4.78, 5) is 4.26. The third kappa shape index (κ3) is 7.38. The molecule has 0 amide bonds. The van der Waals surface area contributed by atoms with Gasteiger partial charge in [-0.3, -0.25) is 4.99 Å². The highest BCUT2D eigenvalue weighted by Crippen LogP contribution is 2.14. The molecular formula is C21H28IN3O2. The lowest BCUT2D eigenvalue weighted by Crippen LogP contribution is -2.40. The molecule has 0 spiro atoms. The zero-order valence-electron chi connectivity index (χ0n) is 15.7. The van der Waals surface area contributed by atoms with E-state index in [-0.39, 0.29) is 24.0 Å². The summed E-state index contributed by atoms with van der Waals surface area (Å²) in [6.45, 7) is 2.96. The predicted octanol–water partition coefficient (Wildman–Crippen LogP) is 3.73. The lowest BCUT2D eigenvalue weighted by molar-refractivity contribution is 0.114. The van der Waals surface area contributed by atoms with E-state index in [1.54, 1.807) is 7.05 Å². The third-order valence-corrected chi connectivity index (χ3v) is 4.38. The molecule has 2 N–H and O–H groups in total. The molecule has 1 atom stereocenters. The van der Waals surface area contributed by atoms with Crippen LogP contribution in [0.2, 0.25) is 0 Å². The van der Waals surface area contributed by atoms with E-state index in [4.69, 9.17) is 9.47 Å². The number of nitrogens with one attached hydrogen (secondary N) is 2. The van der Waals surface area contributed by atoms with E-state index in [2.05, 4.69) is 39.9 Å². The van der Waals surface area contributed by atoms with Crippen LogP contribution in [0.5, 0.6) is 5.75 Å². The maximum Gasteiger partial charge on any atom is 0.191 e. The molecule has 2 aromatic carbocycles. The predicted molar refractivity (Wildman–Crippen MR) is 120 cm³/mol. The lowest BCUT2D eigenvalue weighted by atomic mass is 10.2. The van der Waals surface area contributed by atoms with Crippen LogP contribution in [0.3, 0.4) is 0 Å². The molecule has 146 valence electrons. The summed E-state index contributed by atoms with van der Waals surface area (Å²) >= 11 is 0. The van der Waals surface area contributed by atoms with Crippen molar-refractivity contribution in [3.8, 4) is 5.75 Å². The Hall–Kier alpha value is -1.80. The van der Waals surface area contributed by atoms with Gasteiger partial charge in [0.25, 0.3) is 0 Å². The molecule has 6 heteroatoms. The Bertz CT molecular complexity index is 686. The number of aliphatic imine (C=N–C) groups is 1. The number of benzene rings is 2. The zero-order chi connectivity index (χ0) is 18.0. The molecule has 3 rings (SSSR count). The number of hydrogen-bond donors (Lipinski definition) is 2. The van der Waals surface area contributed by atoms with Crippen LogP contribution in [-0.4, -0.2) is 32.3 Å². The fourth-order valence-corrected chi connectivity index (χ4v) is 2.87. The van der Waals surface area contributed by atoms with Gasteiger partial charge < -0.3 is 20.1 Å². The van der Waals surface area contributed by atoms with Crippen molar-refractivity contribution in [3.05, 3.63) is 65.7 Å². The molecule has 0 radical (unpaired) electrons. The monoisotopic (exact) mass is 481 g/mol. The Morgan fingerprint density at radius 3 is 2.52 bits per heavy atom. The van der Waals surface area contributed by atoms with Crippen molar-refractivity contribution < 1.29 is 9.47 Å². The molecule has 1 aliphatic rings. The van der Waals surface area contributed by atoms with Gasteiger partial charge in [-0.1, -0.05) is 42.5 Å². The van der Waals surface area contributed by atoms with Crippen LogP contribution in [0.1, 0.15) is 24.0 Å². The largest absolute Gasteiger partial charge is 0.489 e. The number of hydrogen-bond acceptors (Lipinski definition) is 3. The van der Waals surface area contributed by atoms with Crippen LogP contribution in [0.15, 0.2) is 59.6 Å². The van der Waals surface area contributed by atoms with Gasteiger partial charge in [0.2, 0.25) is 0 Å².